The molecule has 0 aliphatic carbocycles. The molecule has 3 amide bonds. The van der Waals surface area contributed by atoms with Gasteiger partial charge in [0.25, 0.3) is 0 Å². The summed E-state index contributed by atoms with van der Waals surface area (Å²) < 4.78 is 38.4. The minimum Gasteiger partial charge on any atom is -0.402 e. The third-order valence-corrected chi connectivity index (χ3v) is 7.45. The lowest BCUT2D eigenvalue weighted by Crippen LogP contribution is -2.46. The fourth-order valence-corrected chi connectivity index (χ4v) is 4.78. The number of nitrogens with zero attached hydrogens (tertiary/aromatic N) is 2. The molecule has 1 aromatic heterocycles. The Bertz CT molecular complexity index is 1500. The maximum atomic E-state index is 12.8. The van der Waals surface area contributed by atoms with Crippen LogP contribution in [0.25, 0.3) is 0 Å². The van der Waals surface area contributed by atoms with Crippen molar-refractivity contribution in [1.29, 1.82) is 0 Å². The van der Waals surface area contributed by atoms with Gasteiger partial charge in [-0.15, -0.1) is 10.2 Å². The largest absolute Gasteiger partial charge is 0.417 e. The molecular formula is C34H48F3N7O4S. The number of allylic oxidation sites excluding steroid dienone is 6. The van der Waals surface area contributed by atoms with Gasteiger partial charge in [-0.25, -0.2) is 0 Å². The van der Waals surface area contributed by atoms with E-state index in [1.807, 2.05) is 45.9 Å². The second-order valence-electron chi connectivity index (χ2n) is 11.1. The Morgan fingerprint density at radius 2 is 1.69 bits per heavy atom. The predicted octanol–water partition coefficient (Wildman–Crippen LogP) is 5.45. The summed E-state index contributed by atoms with van der Waals surface area (Å²) in [5, 5.41) is 26.4. The minimum atomic E-state index is -4.93. The highest BCUT2D eigenvalue weighted by Crippen LogP contribution is 2.32. The van der Waals surface area contributed by atoms with Gasteiger partial charge in [-0.1, -0.05) is 73.3 Å². The molecule has 0 fully saturated rings. The third-order valence-electron chi connectivity index (χ3n) is 6.55. The van der Waals surface area contributed by atoms with Crippen LogP contribution in [0.15, 0.2) is 71.7 Å². The maximum Gasteiger partial charge on any atom is 0.417 e. The van der Waals surface area contributed by atoms with Gasteiger partial charge in [0, 0.05) is 25.1 Å². The summed E-state index contributed by atoms with van der Waals surface area (Å²) in [7, 11) is 0. The number of aromatic nitrogens is 2. The molecule has 270 valence electrons. The van der Waals surface area contributed by atoms with Crippen LogP contribution in [0.3, 0.4) is 0 Å². The van der Waals surface area contributed by atoms with E-state index in [2.05, 4.69) is 26.1 Å². The predicted molar refractivity (Wildman–Crippen MR) is 187 cm³/mol. The number of aliphatic hydroxyl groups is 1. The van der Waals surface area contributed by atoms with Crippen LogP contribution < -0.4 is 27.4 Å². The van der Waals surface area contributed by atoms with Crippen molar-refractivity contribution in [2.45, 2.75) is 97.9 Å². The van der Waals surface area contributed by atoms with E-state index < -0.39 is 24.1 Å². The van der Waals surface area contributed by atoms with Crippen LogP contribution in [0.5, 0.6) is 0 Å². The number of hydrogen-bond donors (Lipinski definition) is 6. The van der Waals surface area contributed by atoms with E-state index in [4.69, 9.17) is 11.5 Å². The summed E-state index contributed by atoms with van der Waals surface area (Å²) in [5.74, 6) is -1.30. The zero-order chi connectivity index (χ0) is 37.0. The van der Waals surface area contributed by atoms with Crippen molar-refractivity contribution in [3.05, 3.63) is 87.9 Å². The highest BCUT2D eigenvalue weighted by Gasteiger charge is 2.50. The molecule has 15 heteroatoms. The van der Waals surface area contributed by atoms with E-state index in [0.29, 0.717) is 41.7 Å². The van der Waals surface area contributed by atoms with Crippen molar-refractivity contribution in [3.63, 3.8) is 0 Å². The molecule has 0 saturated carbocycles. The first-order chi connectivity index (χ1) is 23.1. The Hall–Kier alpha value is -4.50. The Labute approximate surface area is 289 Å². The van der Waals surface area contributed by atoms with Crippen LogP contribution in [-0.4, -0.2) is 44.8 Å². The number of nitrogens with two attached hydrogens (primary N) is 2. The number of carbonyl (C=O) groups excluding carboxylic acids is 3. The number of alkyl halides is 3. The molecule has 49 heavy (non-hydrogen) atoms. The van der Waals surface area contributed by atoms with E-state index in [1.54, 1.807) is 36.4 Å². The van der Waals surface area contributed by atoms with Gasteiger partial charge in [0.2, 0.25) is 22.9 Å². The number of unbranched alkanes of at least 4 members (excludes halogenated alkanes) is 1. The number of carbonyl (C=O) groups is 3. The summed E-state index contributed by atoms with van der Waals surface area (Å²) in [6.45, 7) is 8.23. The average molecular weight is 708 g/mol. The molecule has 0 aliphatic rings. The molecule has 1 atom stereocenters. The van der Waals surface area contributed by atoms with Crippen LogP contribution in [0.4, 0.5) is 18.3 Å². The van der Waals surface area contributed by atoms with E-state index in [-0.39, 0.29) is 37.0 Å². The number of aryl methyl sites for hydroxylation is 1. The maximum absolute atomic E-state index is 12.8. The molecule has 1 heterocycles. The number of amides is 3. The zero-order valence-corrected chi connectivity index (χ0v) is 29.4. The number of rotatable bonds is 17. The second-order valence-corrected chi connectivity index (χ2v) is 12.2. The molecule has 0 bridgehead atoms. The lowest BCUT2D eigenvalue weighted by molar-refractivity contribution is -0.253. The third kappa shape index (κ3) is 17.5. The Morgan fingerprint density at radius 1 is 1.00 bits per heavy atom. The van der Waals surface area contributed by atoms with Crippen molar-refractivity contribution >= 4 is 34.2 Å². The molecule has 0 aliphatic heterocycles. The van der Waals surface area contributed by atoms with Gasteiger partial charge in [-0.05, 0) is 63.3 Å². The van der Waals surface area contributed by atoms with Crippen molar-refractivity contribution < 1.29 is 32.7 Å². The molecule has 0 saturated heterocycles. The summed E-state index contributed by atoms with van der Waals surface area (Å²) in [6, 6.07) is 6.68. The first kappa shape index (κ1) is 42.5. The number of halogens is 3. The minimum absolute atomic E-state index is 0.000974. The number of anilines is 1. The van der Waals surface area contributed by atoms with Crippen molar-refractivity contribution in [1.82, 2.24) is 20.8 Å². The molecule has 1 unspecified atom stereocenters. The highest BCUT2D eigenvalue weighted by atomic mass is 32.1. The van der Waals surface area contributed by atoms with Crippen LogP contribution in [-0.2, 0) is 33.8 Å². The van der Waals surface area contributed by atoms with Crippen LogP contribution in [0, 0.1) is 0 Å². The first-order valence-corrected chi connectivity index (χ1v) is 16.7. The molecular weight excluding hydrogens is 659 g/mol. The molecule has 2 aromatic rings. The fraction of sp³-hybridized carbons (Fsp3) is 0.441. The monoisotopic (exact) mass is 707 g/mol. The number of nitrogens with one attached hydrogen (secondary N) is 3. The Morgan fingerprint density at radius 3 is 2.37 bits per heavy atom. The average Bonchev–Trinajstić information content (AvgIpc) is 3.47. The van der Waals surface area contributed by atoms with Crippen molar-refractivity contribution in [2.24, 2.45) is 11.5 Å². The van der Waals surface area contributed by atoms with Gasteiger partial charge in [-0.3, -0.25) is 14.4 Å². The zero-order valence-electron chi connectivity index (χ0n) is 28.6. The summed E-state index contributed by atoms with van der Waals surface area (Å²) in [5.41, 5.74) is 11.5. The van der Waals surface area contributed by atoms with Crippen LogP contribution in [0.2, 0.25) is 0 Å². The summed E-state index contributed by atoms with van der Waals surface area (Å²) >= 11 is 1.26. The lowest BCUT2D eigenvalue weighted by Gasteiger charge is -2.25. The molecule has 11 nitrogen and oxygen atoms in total. The smallest absolute Gasteiger partial charge is 0.402 e. The second kappa shape index (κ2) is 21.5. The topological polar surface area (TPSA) is 185 Å². The summed E-state index contributed by atoms with van der Waals surface area (Å²) in [6.07, 6.45) is 5.80. The highest BCUT2D eigenvalue weighted by molar-refractivity contribution is 7.15. The fourth-order valence-electron chi connectivity index (χ4n) is 3.98. The normalized spacial score (nSPS) is 13.7. The van der Waals surface area contributed by atoms with Gasteiger partial charge < -0.3 is 32.5 Å². The quantitative estimate of drug-likeness (QED) is 0.0926. The molecule has 8 N–H and O–H groups in total. The standard InChI is InChI=1S/C32H42F3N7O4S.C2H6/c1-4-5-9-21(2)16-26(43)39-25(37)15-14-24(36)12-6-7-13-29-41-42-30(47-29)40-27(44)18-22-10-8-11-23(17-22)20-38-28(45)19-31(3,46)32(33,34)35;1-2/h4-5,8-11,14-15,17,46H,6-7,12-13,16,18-20,36-37H2,1-3H3,(H,38,45)(H,39,43)(H,40,42,44);1-2H3/b5-4-,21-9+,24-14-,25-15+;. The molecule has 0 spiro atoms. The van der Waals surface area contributed by atoms with Gasteiger partial charge >= 0.3 is 6.18 Å². The number of hydrogen-bond acceptors (Lipinski definition) is 9. The molecule has 1 aromatic carbocycles. The van der Waals surface area contributed by atoms with Crippen LogP contribution >= 0.6 is 11.3 Å². The van der Waals surface area contributed by atoms with Gasteiger partial charge in [0.1, 0.15) is 10.8 Å². The van der Waals surface area contributed by atoms with Crippen LogP contribution in [0.1, 0.15) is 82.9 Å². The number of benzene rings is 1. The summed E-state index contributed by atoms with van der Waals surface area (Å²) in [4.78, 5) is 36.5. The van der Waals surface area contributed by atoms with E-state index >= 15 is 0 Å². The SMILES string of the molecule is C/C=C\C=C(/C)CC(=O)N/C(N)=C/C=C(\N)CCCCc1nnc(NC(=O)Cc2cccc(CNC(=O)CC(C)(O)C(F)(F)F)c2)s1.CC. The van der Waals surface area contributed by atoms with Crippen molar-refractivity contribution in [3.8, 4) is 0 Å². The van der Waals surface area contributed by atoms with Crippen molar-refractivity contribution in [2.75, 3.05) is 5.32 Å². The molecule has 2 rings (SSSR count). The Balaban J connectivity index is 0.00000589. The Kier molecular flexibility index (Phi) is 18.6. The molecule has 0 radical (unpaired) electrons. The van der Waals surface area contributed by atoms with Gasteiger partial charge in [0.15, 0.2) is 5.60 Å². The lowest BCUT2D eigenvalue weighted by atomic mass is 10.0. The van der Waals surface area contributed by atoms with E-state index in [0.717, 1.165) is 23.4 Å². The van der Waals surface area contributed by atoms with Gasteiger partial charge in [0.05, 0.1) is 12.8 Å². The van der Waals surface area contributed by atoms with Gasteiger partial charge in [-0.2, -0.15) is 13.2 Å². The first-order valence-electron chi connectivity index (χ1n) is 15.8. The van der Waals surface area contributed by atoms with E-state index in [9.17, 15) is 32.7 Å². The van der Waals surface area contributed by atoms with E-state index in [1.165, 1.54) is 11.3 Å².